The second-order valence-electron chi connectivity index (χ2n) is 5.42. The van der Waals surface area contributed by atoms with Crippen LogP contribution >= 0.6 is 15.9 Å². The van der Waals surface area contributed by atoms with Gasteiger partial charge in [0.2, 0.25) is 0 Å². The van der Waals surface area contributed by atoms with E-state index in [0.717, 1.165) is 0 Å². The number of carbonyl (C=O) groups excluding carboxylic acids is 2. The standard InChI is InChI=1S/C17H14BrFN4O4/c18-9-1-3-12(11(19)7-9)22-16-10(17(26)27-6-5-24)2-4-13-14(15(20)25)21-8-23(13)16/h1-4,7-8,22,24H,5-6H2,(H2,20,25). The van der Waals surface area contributed by atoms with Crippen molar-refractivity contribution in [3.05, 3.63) is 58.2 Å². The number of primary amides is 1. The lowest BCUT2D eigenvalue weighted by molar-refractivity contribution is 0.0434. The fraction of sp³-hybridized carbons (Fsp3) is 0.118. The van der Waals surface area contributed by atoms with Crippen LogP contribution < -0.4 is 11.1 Å². The summed E-state index contributed by atoms with van der Waals surface area (Å²) in [5.41, 5.74) is 5.81. The molecule has 0 spiro atoms. The SMILES string of the molecule is NC(=O)c1ncn2c(Nc3ccc(Br)cc3F)c(C(=O)OCCO)ccc12. The highest BCUT2D eigenvalue weighted by atomic mass is 79.9. The number of imidazole rings is 1. The summed E-state index contributed by atoms with van der Waals surface area (Å²) >= 11 is 3.17. The lowest BCUT2D eigenvalue weighted by Crippen LogP contribution is -2.14. The number of anilines is 2. The molecular formula is C17H14BrFN4O4. The molecule has 27 heavy (non-hydrogen) atoms. The smallest absolute Gasteiger partial charge is 0.341 e. The van der Waals surface area contributed by atoms with Crippen molar-refractivity contribution in [1.82, 2.24) is 9.38 Å². The number of ether oxygens (including phenoxy) is 1. The molecule has 3 rings (SSSR count). The molecule has 0 aliphatic heterocycles. The Morgan fingerprint density at radius 3 is 2.78 bits per heavy atom. The summed E-state index contributed by atoms with van der Waals surface area (Å²) in [4.78, 5) is 27.8. The van der Waals surface area contributed by atoms with E-state index in [1.165, 1.54) is 35.0 Å². The van der Waals surface area contributed by atoms with Gasteiger partial charge in [-0.1, -0.05) is 15.9 Å². The molecule has 2 heterocycles. The van der Waals surface area contributed by atoms with Crippen LogP contribution in [0.3, 0.4) is 0 Å². The van der Waals surface area contributed by atoms with Gasteiger partial charge in [0.25, 0.3) is 5.91 Å². The minimum absolute atomic E-state index is 0.00426. The second-order valence-corrected chi connectivity index (χ2v) is 6.33. The molecule has 0 unspecified atom stereocenters. The largest absolute Gasteiger partial charge is 0.460 e. The maximum Gasteiger partial charge on any atom is 0.341 e. The molecule has 0 radical (unpaired) electrons. The molecule has 8 nitrogen and oxygen atoms in total. The van der Waals surface area contributed by atoms with Crippen LogP contribution in [0.1, 0.15) is 20.8 Å². The van der Waals surface area contributed by atoms with Gasteiger partial charge in [-0.25, -0.2) is 14.2 Å². The summed E-state index contributed by atoms with van der Waals surface area (Å²) in [6.45, 7) is -0.533. The maximum atomic E-state index is 14.3. The molecule has 140 valence electrons. The highest BCUT2D eigenvalue weighted by molar-refractivity contribution is 9.10. The van der Waals surface area contributed by atoms with Crippen LogP contribution in [0.2, 0.25) is 0 Å². The number of carbonyl (C=O) groups is 2. The number of hydrogen-bond donors (Lipinski definition) is 3. The fourth-order valence-electron chi connectivity index (χ4n) is 2.48. The van der Waals surface area contributed by atoms with E-state index in [-0.39, 0.29) is 36.0 Å². The summed E-state index contributed by atoms with van der Waals surface area (Å²) in [5.74, 6) is -1.91. The molecule has 10 heteroatoms. The van der Waals surface area contributed by atoms with Gasteiger partial charge in [0.1, 0.15) is 30.1 Å². The van der Waals surface area contributed by atoms with Crippen LogP contribution in [0.25, 0.3) is 5.52 Å². The molecular weight excluding hydrogens is 423 g/mol. The Kier molecular flexibility index (Phi) is 5.38. The first kappa shape index (κ1) is 18.8. The van der Waals surface area contributed by atoms with E-state index in [2.05, 4.69) is 26.2 Å². The number of aliphatic hydroxyl groups is 1. The highest BCUT2D eigenvalue weighted by Crippen LogP contribution is 2.28. The normalized spacial score (nSPS) is 10.8. The monoisotopic (exact) mass is 436 g/mol. The third-order valence-corrected chi connectivity index (χ3v) is 4.16. The van der Waals surface area contributed by atoms with Crippen molar-refractivity contribution in [2.24, 2.45) is 5.73 Å². The Balaban J connectivity index is 2.15. The van der Waals surface area contributed by atoms with Gasteiger partial charge in [0.05, 0.1) is 17.8 Å². The van der Waals surface area contributed by atoms with Crippen molar-refractivity contribution in [1.29, 1.82) is 0 Å². The molecule has 3 aromatic rings. The van der Waals surface area contributed by atoms with Crippen molar-refractivity contribution in [3.63, 3.8) is 0 Å². The van der Waals surface area contributed by atoms with E-state index in [4.69, 9.17) is 15.6 Å². The van der Waals surface area contributed by atoms with Gasteiger partial charge >= 0.3 is 5.97 Å². The average molecular weight is 437 g/mol. The Hall–Kier alpha value is -2.98. The average Bonchev–Trinajstić information content (AvgIpc) is 3.06. The molecule has 0 saturated heterocycles. The molecule has 1 aromatic carbocycles. The molecule has 0 aliphatic carbocycles. The predicted molar refractivity (Wildman–Crippen MR) is 98.5 cm³/mol. The Labute approximate surface area is 160 Å². The third-order valence-electron chi connectivity index (χ3n) is 3.67. The van der Waals surface area contributed by atoms with Crippen LogP contribution in [0.15, 0.2) is 41.1 Å². The lowest BCUT2D eigenvalue weighted by Gasteiger charge is -2.15. The van der Waals surface area contributed by atoms with E-state index < -0.39 is 17.7 Å². The predicted octanol–water partition coefficient (Wildman–Crippen LogP) is 2.23. The number of pyridine rings is 1. The van der Waals surface area contributed by atoms with E-state index in [1.807, 2.05) is 0 Å². The molecule has 1 amide bonds. The third kappa shape index (κ3) is 3.76. The number of nitrogens with one attached hydrogen (secondary N) is 1. The molecule has 0 bridgehead atoms. The first-order valence-corrected chi connectivity index (χ1v) is 8.51. The number of amides is 1. The van der Waals surface area contributed by atoms with Crippen LogP contribution in [-0.4, -0.2) is 39.6 Å². The van der Waals surface area contributed by atoms with Crippen molar-refractivity contribution in [2.75, 3.05) is 18.5 Å². The number of hydrogen-bond acceptors (Lipinski definition) is 6. The van der Waals surface area contributed by atoms with E-state index >= 15 is 0 Å². The van der Waals surface area contributed by atoms with Crippen LogP contribution in [0, 0.1) is 5.82 Å². The summed E-state index contributed by atoms with van der Waals surface area (Å²) in [7, 11) is 0. The minimum atomic E-state index is -0.742. The number of aliphatic hydroxyl groups excluding tert-OH is 1. The van der Waals surface area contributed by atoms with Crippen LogP contribution in [-0.2, 0) is 4.74 Å². The van der Waals surface area contributed by atoms with Crippen molar-refractivity contribution >= 4 is 44.8 Å². The Bertz CT molecular complexity index is 1040. The van der Waals surface area contributed by atoms with Crippen LogP contribution in [0.4, 0.5) is 15.9 Å². The zero-order valence-electron chi connectivity index (χ0n) is 13.8. The van der Waals surface area contributed by atoms with Gasteiger partial charge in [0, 0.05) is 4.47 Å². The molecule has 2 aromatic heterocycles. The minimum Gasteiger partial charge on any atom is -0.460 e. The summed E-state index contributed by atoms with van der Waals surface area (Å²) in [5, 5.41) is 11.7. The lowest BCUT2D eigenvalue weighted by atomic mass is 10.2. The van der Waals surface area contributed by atoms with Gasteiger partial charge in [0.15, 0.2) is 5.69 Å². The topological polar surface area (TPSA) is 119 Å². The van der Waals surface area contributed by atoms with Gasteiger partial charge in [-0.05, 0) is 30.3 Å². The number of esters is 1. The van der Waals surface area contributed by atoms with Crippen LogP contribution in [0.5, 0.6) is 0 Å². The summed E-state index contributed by atoms with van der Waals surface area (Å²) < 4.78 is 21.2. The number of rotatable bonds is 6. The maximum absolute atomic E-state index is 14.3. The number of halogens is 2. The first-order chi connectivity index (χ1) is 12.9. The first-order valence-electron chi connectivity index (χ1n) is 7.72. The van der Waals surface area contributed by atoms with Gasteiger partial charge < -0.3 is 20.9 Å². The second kappa shape index (κ2) is 7.72. The summed E-state index contributed by atoms with van der Waals surface area (Å²) in [6.07, 6.45) is 1.29. The molecule has 0 atom stereocenters. The number of nitrogens with two attached hydrogens (primary N) is 1. The fourth-order valence-corrected chi connectivity index (χ4v) is 2.82. The van der Waals surface area contributed by atoms with Gasteiger partial charge in [-0.3, -0.25) is 9.20 Å². The number of nitrogens with zero attached hydrogens (tertiary/aromatic N) is 2. The Morgan fingerprint density at radius 2 is 2.11 bits per heavy atom. The molecule has 0 saturated carbocycles. The Morgan fingerprint density at radius 1 is 1.33 bits per heavy atom. The highest BCUT2D eigenvalue weighted by Gasteiger charge is 2.20. The van der Waals surface area contributed by atoms with E-state index in [9.17, 15) is 14.0 Å². The van der Waals surface area contributed by atoms with Crippen molar-refractivity contribution < 1.29 is 23.8 Å². The zero-order chi connectivity index (χ0) is 19.6. The zero-order valence-corrected chi connectivity index (χ0v) is 15.4. The van der Waals surface area contributed by atoms with E-state index in [0.29, 0.717) is 9.99 Å². The van der Waals surface area contributed by atoms with Crippen molar-refractivity contribution in [3.8, 4) is 0 Å². The number of fused-ring (bicyclic) bond motifs is 1. The molecule has 0 fully saturated rings. The number of aromatic nitrogens is 2. The molecule has 4 N–H and O–H groups in total. The molecule has 0 aliphatic rings. The van der Waals surface area contributed by atoms with E-state index in [1.54, 1.807) is 6.07 Å². The number of benzene rings is 1. The quantitative estimate of drug-likeness (QED) is 0.509. The summed E-state index contributed by atoms with van der Waals surface area (Å²) in [6, 6.07) is 7.24. The van der Waals surface area contributed by atoms with Gasteiger partial charge in [-0.2, -0.15) is 0 Å². The van der Waals surface area contributed by atoms with Crippen molar-refractivity contribution in [2.45, 2.75) is 0 Å². The van der Waals surface area contributed by atoms with Gasteiger partial charge in [-0.15, -0.1) is 0 Å².